The number of rotatable bonds is 1. The van der Waals surface area contributed by atoms with Crippen molar-refractivity contribution >= 4 is 17.7 Å². The summed E-state index contributed by atoms with van der Waals surface area (Å²) in [7, 11) is 0. The highest BCUT2D eigenvalue weighted by atomic mass is 16.2. The molecule has 1 aliphatic carbocycles. The molecule has 14 heavy (non-hydrogen) atoms. The molecule has 0 spiro atoms. The van der Waals surface area contributed by atoms with E-state index >= 15 is 0 Å². The van der Waals surface area contributed by atoms with Gasteiger partial charge in [-0.15, -0.1) is 0 Å². The third kappa shape index (κ3) is 1.49. The van der Waals surface area contributed by atoms with E-state index in [4.69, 9.17) is 0 Å². The number of nitrogens with one attached hydrogen (secondary N) is 1. The van der Waals surface area contributed by atoms with Crippen molar-refractivity contribution in [2.45, 2.75) is 19.8 Å². The van der Waals surface area contributed by atoms with Crippen molar-refractivity contribution in [3.63, 3.8) is 0 Å². The number of amides is 3. The van der Waals surface area contributed by atoms with E-state index < -0.39 is 0 Å². The van der Waals surface area contributed by atoms with Gasteiger partial charge in [-0.3, -0.25) is 19.7 Å². The molecule has 5 nitrogen and oxygen atoms in total. The molecule has 1 saturated carbocycles. The van der Waals surface area contributed by atoms with Gasteiger partial charge in [0.15, 0.2) is 0 Å². The molecule has 0 aromatic rings. The summed E-state index contributed by atoms with van der Waals surface area (Å²) in [5.74, 6) is -0.849. The SMILES string of the molecule is CC1(C(=O)N2CC(=O)NC(=O)C2)CC1. The molecule has 0 bridgehead atoms. The Morgan fingerprint density at radius 1 is 1.29 bits per heavy atom. The van der Waals surface area contributed by atoms with Crippen LogP contribution in [0.4, 0.5) is 0 Å². The van der Waals surface area contributed by atoms with Crippen molar-refractivity contribution in [2.24, 2.45) is 5.41 Å². The van der Waals surface area contributed by atoms with Gasteiger partial charge >= 0.3 is 0 Å². The van der Waals surface area contributed by atoms with Crippen LogP contribution in [0.15, 0.2) is 0 Å². The Balaban J connectivity index is 2.07. The molecule has 1 heterocycles. The fourth-order valence-electron chi connectivity index (χ4n) is 1.56. The van der Waals surface area contributed by atoms with Crippen LogP contribution in [0.25, 0.3) is 0 Å². The minimum Gasteiger partial charge on any atom is -0.324 e. The molecule has 1 aliphatic heterocycles. The van der Waals surface area contributed by atoms with E-state index in [0.29, 0.717) is 0 Å². The Hall–Kier alpha value is -1.39. The summed E-state index contributed by atoms with van der Waals surface area (Å²) in [4.78, 5) is 35.1. The lowest BCUT2D eigenvalue weighted by Gasteiger charge is -2.27. The van der Waals surface area contributed by atoms with Crippen LogP contribution in [0, 0.1) is 5.41 Å². The molecule has 0 atom stereocenters. The highest BCUT2D eigenvalue weighted by Gasteiger charge is 2.48. The van der Waals surface area contributed by atoms with E-state index in [1.54, 1.807) is 0 Å². The van der Waals surface area contributed by atoms with E-state index in [9.17, 15) is 14.4 Å². The van der Waals surface area contributed by atoms with Gasteiger partial charge in [0, 0.05) is 5.41 Å². The van der Waals surface area contributed by atoms with Crippen LogP contribution in [0.1, 0.15) is 19.8 Å². The Labute approximate surface area is 81.4 Å². The molecular weight excluding hydrogens is 184 g/mol. The predicted molar refractivity (Wildman–Crippen MR) is 47.1 cm³/mol. The molecule has 2 fully saturated rings. The maximum absolute atomic E-state index is 11.8. The predicted octanol–water partition coefficient (Wildman–Crippen LogP) is -0.729. The van der Waals surface area contributed by atoms with Crippen molar-refractivity contribution in [3.05, 3.63) is 0 Å². The monoisotopic (exact) mass is 196 g/mol. The molecule has 2 rings (SSSR count). The molecule has 5 heteroatoms. The number of hydrogen-bond acceptors (Lipinski definition) is 3. The highest BCUT2D eigenvalue weighted by Crippen LogP contribution is 2.46. The zero-order valence-electron chi connectivity index (χ0n) is 8.00. The lowest BCUT2D eigenvalue weighted by Crippen LogP contribution is -2.54. The second kappa shape index (κ2) is 2.80. The zero-order chi connectivity index (χ0) is 10.3. The van der Waals surface area contributed by atoms with E-state index in [2.05, 4.69) is 5.32 Å². The number of piperazine rings is 1. The molecule has 1 N–H and O–H groups in total. The van der Waals surface area contributed by atoms with Gasteiger partial charge in [0.2, 0.25) is 17.7 Å². The normalized spacial score (nSPS) is 24.5. The summed E-state index contributed by atoms with van der Waals surface area (Å²) in [6.07, 6.45) is 1.72. The molecule has 0 aromatic heterocycles. The highest BCUT2D eigenvalue weighted by molar-refractivity contribution is 6.03. The average molecular weight is 196 g/mol. The van der Waals surface area contributed by atoms with Crippen molar-refractivity contribution < 1.29 is 14.4 Å². The molecule has 1 saturated heterocycles. The molecule has 0 aromatic carbocycles. The molecule has 0 radical (unpaired) electrons. The summed E-state index contributed by atoms with van der Waals surface area (Å²) in [5, 5.41) is 2.16. The molecule has 76 valence electrons. The first kappa shape index (κ1) is 9.18. The van der Waals surface area contributed by atoms with Crippen LogP contribution in [-0.2, 0) is 14.4 Å². The average Bonchev–Trinajstić information content (AvgIpc) is 2.82. The minimum absolute atomic E-state index is 0.0141. The van der Waals surface area contributed by atoms with E-state index in [-0.39, 0.29) is 36.2 Å². The Morgan fingerprint density at radius 2 is 1.79 bits per heavy atom. The minimum atomic E-state index is -0.390. The Morgan fingerprint density at radius 3 is 2.21 bits per heavy atom. The van der Waals surface area contributed by atoms with Crippen LogP contribution in [0.2, 0.25) is 0 Å². The number of imide groups is 1. The van der Waals surface area contributed by atoms with Crippen LogP contribution >= 0.6 is 0 Å². The fraction of sp³-hybridized carbons (Fsp3) is 0.667. The topological polar surface area (TPSA) is 66.5 Å². The third-order valence-electron chi connectivity index (χ3n) is 2.75. The summed E-state index contributed by atoms with van der Waals surface area (Å²) in [5.41, 5.74) is -0.308. The van der Waals surface area contributed by atoms with Crippen molar-refractivity contribution in [3.8, 4) is 0 Å². The van der Waals surface area contributed by atoms with Gasteiger partial charge in [-0.1, -0.05) is 6.92 Å². The Kier molecular flexibility index (Phi) is 1.83. The summed E-state index contributed by atoms with van der Waals surface area (Å²) in [6.45, 7) is 1.90. The number of nitrogens with zero attached hydrogens (tertiary/aromatic N) is 1. The number of hydrogen-bond donors (Lipinski definition) is 1. The summed E-state index contributed by atoms with van der Waals surface area (Å²) in [6, 6.07) is 0. The lowest BCUT2D eigenvalue weighted by atomic mass is 10.1. The maximum atomic E-state index is 11.8. The largest absolute Gasteiger partial charge is 0.324 e. The molecule has 2 aliphatic rings. The van der Waals surface area contributed by atoms with Crippen LogP contribution in [0.5, 0.6) is 0 Å². The van der Waals surface area contributed by atoms with Crippen molar-refractivity contribution in [2.75, 3.05) is 13.1 Å². The lowest BCUT2D eigenvalue weighted by molar-refractivity contribution is -0.148. The van der Waals surface area contributed by atoms with E-state index in [1.165, 1.54) is 4.90 Å². The van der Waals surface area contributed by atoms with E-state index in [1.807, 2.05) is 6.92 Å². The first-order valence-electron chi connectivity index (χ1n) is 4.63. The first-order valence-corrected chi connectivity index (χ1v) is 4.63. The van der Waals surface area contributed by atoms with Crippen molar-refractivity contribution in [1.82, 2.24) is 10.2 Å². The third-order valence-corrected chi connectivity index (χ3v) is 2.75. The van der Waals surface area contributed by atoms with Gasteiger partial charge in [0.1, 0.15) is 13.1 Å². The van der Waals surface area contributed by atoms with Crippen LogP contribution in [-0.4, -0.2) is 35.7 Å². The van der Waals surface area contributed by atoms with Gasteiger partial charge in [0.05, 0.1) is 0 Å². The second-order valence-electron chi connectivity index (χ2n) is 4.19. The first-order chi connectivity index (χ1) is 6.51. The van der Waals surface area contributed by atoms with Gasteiger partial charge in [0.25, 0.3) is 0 Å². The van der Waals surface area contributed by atoms with Gasteiger partial charge in [-0.05, 0) is 12.8 Å². The van der Waals surface area contributed by atoms with Crippen LogP contribution < -0.4 is 5.32 Å². The molecule has 0 unspecified atom stereocenters. The molecular formula is C9H12N2O3. The quantitative estimate of drug-likeness (QED) is 0.562. The standard InChI is InChI=1S/C9H12N2O3/c1-9(2-3-9)8(14)11-4-6(12)10-7(13)5-11/h2-5H2,1H3,(H,10,12,13). The Bertz CT molecular complexity index is 304. The van der Waals surface area contributed by atoms with Gasteiger partial charge in [-0.25, -0.2) is 0 Å². The van der Waals surface area contributed by atoms with Crippen molar-refractivity contribution in [1.29, 1.82) is 0 Å². The zero-order valence-corrected chi connectivity index (χ0v) is 8.00. The molecule has 3 amide bonds. The van der Waals surface area contributed by atoms with Crippen LogP contribution in [0.3, 0.4) is 0 Å². The van der Waals surface area contributed by atoms with E-state index in [0.717, 1.165) is 12.8 Å². The number of carbonyl (C=O) groups excluding carboxylic acids is 3. The van der Waals surface area contributed by atoms with Gasteiger partial charge in [-0.2, -0.15) is 0 Å². The maximum Gasteiger partial charge on any atom is 0.246 e. The summed E-state index contributed by atoms with van der Waals surface area (Å²) >= 11 is 0. The summed E-state index contributed by atoms with van der Waals surface area (Å²) < 4.78 is 0. The number of carbonyl (C=O) groups is 3. The van der Waals surface area contributed by atoms with Gasteiger partial charge < -0.3 is 4.90 Å². The fourth-order valence-corrected chi connectivity index (χ4v) is 1.56. The second-order valence-corrected chi connectivity index (χ2v) is 4.19. The smallest absolute Gasteiger partial charge is 0.246 e.